The molecule has 0 atom stereocenters. The summed E-state index contributed by atoms with van der Waals surface area (Å²) in [5, 5.41) is 3.00. The van der Waals surface area contributed by atoms with E-state index < -0.39 is 0 Å². The molecule has 2 aromatic heterocycles. The third-order valence-electron chi connectivity index (χ3n) is 3.90. The molecule has 0 radical (unpaired) electrons. The molecule has 1 aliphatic rings. The van der Waals surface area contributed by atoms with Gasteiger partial charge >= 0.3 is 0 Å². The lowest BCUT2D eigenvalue weighted by Gasteiger charge is -2.30. The molecule has 0 spiro atoms. The largest absolute Gasteiger partial charge is 0.422 e. The second kappa shape index (κ2) is 7.00. The van der Waals surface area contributed by atoms with Crippen molar-refractivity contribution in [3.05, 3.63) is 18.3 Å². The SMILES string of the molecule is CSCCNC(=O)C1CCN(c2nc3ncccc3o2)CC1. The Morgan fingerprint density at radius 1 is 1.50 bits per heavy atom. The molecular weight excluding hydrogens is 300 g/mol. The highest BCUT2D eigenvalue weighted by molar-refractivity contribution is 7.98. The van der Waals surface area contributed by atoms with E-state index >= 15 is 0 Å². The minimum atomic E-state index is 0.0978. The van der Waals surface area contributed by atoms with Crippen LogP contribution in [0.25, 0.3) is 11.2 Å². The molecule has 1 N–H and O–H groups in total. The van der Waals surface area contributed by atoms with Crippen molar-refractivity contribution < 1.29 is 9.21 Å². The number of amides is 1. The Bertz CT molecular complexity index is 604. The van der Waals surface area contributed by atoms with Gasteiger partial charge in [0.2, 0.25) is 11.6 Å². The molecule has 1 aliphatic heterocycles. The van der Waals surface area contributed by atoms with E-state index in [0.29, 0.717) is 17.2 Å². The van der Waals surface area contributed by atoms with E-state index in [2.05, 4.69) is 20.2 Å². The van der Waals surface area contributed by atoms with E-state index in [0.717, 1.165) is 38.2 Å². The molecular formula is C15H20N4O2S. The Kier molecular flexibility index (Phi) is 4.82. The van der Waals surface area contributed by atoms with E-state index in [-0.39, 0.29) is 11.8 Å². The van der Waals surface area contributed by atoms with Gasteiger partial charge in [-0.2, -0.15) is 16.7 Å². The van der Waals surface area contributed by atoms with Crippen LogP contribution in [0.4, 0.5) is 6.01 Å². The number of hydrogen-bond acceptors (Lipinski definition) is 6. The second-order valence-corrected chi connectivity index (χ2v) is 6.35. The second-order valence-electron chi connectivity index (χ2n) is 5.37. The first-order valence-electron chi connectivity index (χ1n) is 7.51. The van der Waals surface area contributed by atoms with E-state index in [4.69, 9.17) is 4.42 Å². The van der Waals surface area contributed by atoms with Gasteiger partial charge in [-0.1, -0.05) is 0 Å². The smallest absolute Gasteiger partial charge is 0.299 e. The van der Waals surface area contributed by atoms with Gasteiger partial charge in [0.1, 0.15) is 0 Å². The zero-order valence-electron chi connectivity index (χ0n) is 12.6. The molecule has 6 nitrogen and oxygen atoms in total. The highest BCUT2D eigenvalue weighted by Crippen LogP contribution is 2.25. The Morgan fingerprint density at radius 2 is 2.32 bits per heavy atom. The summed E-state index contributed by atoms with van der Waals surface area (Å²) in [7, 11) is 0. The molecule has 0 unspecified atom stereocenters. The lowest BCUT2D eigenvalue weighted by Crippen LogP contribution is -2.41. The first kappa shape index (κ1) is 15.1. The molecule has 0 aromatic carbocycles. The predicted molar refractivity (Wildman–Crippen MR) is 88.1 cm³/mol. The normalized spacial score (nSPS) is 16.1. The topological polar surface area (TPSA) is 71.3 Å². The highest BCUT2D eigenvalue weighted by Gasteiger charge is 2.27. The number of anilines is 1. The molecule has 7 heteroatoms. The molecule has 22 heavy (non-hydrogen) atoms. The standard InChI is InChI=1S/C15H20N4O2S/c1-22-10-7-17-14(20)11-4-8-19(9-5-11)15-18-13-12(21-15)3-2-6-16-13/h2-3,6,11H,4-5,7-10H2,1H3,(H,17,20). The summed E-state index contributed by atoms with van der Waals surface area (Å²) in [4.78, 5) is 22.8. The lowest BCUT2D eigenvalue weighted by atomic mass is 9.96. The molecule has 0 saturated carbocycles. The van der Waals surface area contributed by atoms with E-state index in [9.17, 15) is 4.79 Å². The summed E-state index contributed by atoms with van der Waals surface area (Å²) in [5.74, 6) is 1.23. The van der Waals surface area contributed by atoms with E-state index in [1.54, 1.807) is 18.0 Å². The number of carbonyl (C=O) groups excluding carboxylic acids is 1. The van der Waals surface area contributed by atoms with Crippen molar-refractivity contribution in [1.29, 1.82) is 0 Å². The minimum absolute atomic E-state index is 0.0978. The fourth-order valence-electron chi connectivity index (χ4n) is 2.65. The molecule has 3 heterocycles. The predicted octanol–water partition coefficient (Wildman–Crippen LogP) is 1.92. The number of nitrogens with zero attached hydrogens (tertiary/aromatic N) is 3. The van der Waals surface area contributed by atoms with Crippen molar-refractivity contribution in [3.63, 3.8) is 0 Å². The van der Waals surface area contributed by atoms with Crippen LogP contribution in [0.3, 0.4) is 0 Å². The van der Waals surface area contributed by atoms with Gasteiger partial charge < -0.3 is 14.6 Å². The zero-order valence-corrected chi connectivity index (χ0v) is 13.4. The van der Waals surface area contributed by atoms with Crippen LogP contribution in [0.15, 0.2) is 22.7 Å². The Labute approximate surface area is 133 Å². The van der Waals surface area contributed by atoms with Crippen molar-refractivity contribution in [2.75, 3.05) is 36.5 Å². The summed E-state index contributed by atoms with van der Waals surface area (Å²) in [6.07, 6.45) is 5.41. The average molecular weight is 320 g/mol. The van der Waals surface area contributed by atoms with Gasteiger partial charge in [0.15, 0.2) is 5.58 Å². The summed E-state index contributed by atoms with van der Waals surface area (Å²) >= 11 is 1.74. The number of oxazole rings is 1. The number of nitrogens with one attached hydrogen (secondary N) is 1. The molecule has 0 bridgehead atoms. The Hall–Kier alpha value is -1.76. The van der Waals surface area contributed by atoms with Crippen LogP contribution in [0.2, 0.25) is 0 Å². The van der Waals surface area contributed by atoms with Gasteiger partial charge in [-0.3, -0.25) is 4.79 Å². The minimum Gasteiger partial charge on any atom is -0.422 e. The van der Waals surface area contributed by atoms with Crippen LogP contribution in [0.1, 0.15) is 12.8 Å². The molecule has 1 saturated heterocycles. The molecule has 1 fully saturated rings. The Balaban J connectivity index is 1.56. The molecule has 2 aromatic rings. The number of aromatic nitrogens is 2. The van der Waals surface area contributed by atoms with Crippen LogP contribution in [0, 0.1) is 5.92 Å². The highest BCUT2D eigenvalue weighted by atomic mass is 32.2. The van der Waals surface area contributed by atoms with Crippen molar-refractivity contribution >= 4 is 34.9 Å². The number of thioether (sulfide) groups is 1. The fourth-order valence-corrected chi connectivity index (χ4v) is 2.95. The summed E-state index contributed by atoms with van der Waals surface area (Å²) in [6, 6.07) is 4.31. The van der Waals surface area contributed by atoms with E-state index in [1.807, 2.05) is 18.4 Å². The average Bonchev–Trinajstić information content (AvgIpc) is 2.99. The van der Waals surface area contributed by atoms with Gasteiger partial charge in [0.25, 0.3) is 6.01 Å². The summed E-state index contributed by atoms with van der Waals surface area (Å²) in [5.41, 5.74) is 1.34. The monoisotopic (exact) mass is 320 g/mol. The van der Waals surface area contributed by atoms with Crippen molar-refractivity contribution in [3.8, 4) is 0 Å². The number of carbonyl (C=O) groups is 1. The maximum absolute atomic E-state index is 12.1. The molecule has 0 aliphatic carbocycles. The van der Waals surface area contributed by atoms with Crippen molar-refractivity contribution in [1.82, 2.24) is 15.3 Å². The Morgan fingerprint density at radius 3 is 3.05 bits per heavy atom. The number of pyridine rings is 1. The van der Waals surface area contributed by atoms with Crippen LogP contribution in [-0.2, 0) is 4.79 Å². The van der Waals surface area contributed by atoms with Crippen LogP contribution in [-0.4, -0.2) is 47.5 Å². The van der Waals surface area contributed by atoms with Crippen LogP contribution >= 0.6 is 11.8 Å². The number of rotatable bonds is 5. The number of hydrogen-bond donors (Lipinski definition) is 1. The third-order valence-corrected chi connectivity index (χ3v) is 4.51. The van der Waals surface area contributed by atoms with Crippen molar-refractivity contribution in [2.45, 2.75) is 12.8 Å². The van der Waals surface area contributed by atoms with Crippen LogP contribution in [0.5, 0.6) is 0 Å². The van der Waals surface area contributed by atoms with Gasteiger partial charge in [-0.25, -0.2) is 4.98 Å². The van der Waals surface area contributed by atoms with E-state index in [1.165, 1.54) is 0 Å². The quantitative estimate of drug-likeness (QED) is 0.849. The van der Waals surface area contributed by atoms with Gasteiger partial charge in [0.05, 0.1) is 0 Å². The van der Waals surface area contributed by atoms with Gasteiger partial charge in [0, 0.05) is 37.5 Å². The first-order valence-corrected chi connectivity index (χ1v) is 8.90. The summed E-state index contributed by atoms with van der Waals surface area (Å²) in [6.45, 7) is 2.32. The fraction of sp³-hybridized carbons (Fsp3) is 0.533. The van der Waals surface area contributed by atoms with Gasteiger partial charge in [-0.15, -0.1) is 0 Å². The van der Waals surface area contributed by atoms with Crippen molar-refractivity contribution in [2.24, 2.45) is 5.92 Å². The van der Waals surface area contributed by atoms with Crippen LogP contribution < -0.4 is 10.2 Å². The maximum Gasteiger partial charge on any atom is 0.299 e. The molecule has 3 rings (SSSR count). The number of fused-ring (bicyclic) bond motifs is 1. The maximum atomic E-state index is 12.1. The first-order chi connectivity index (χ1) is 10.8. The lowest BCUT2D eigenvalue weighted by molar-refractivity contribution is -0.125. The summed E-state index contributed by atoms with van der Waals surface area (Å²) < 4.78 is 5.73. The molecule has 118 valence electrons. The zero-order chi connectivity index (χ0) is 15.4. The van der Waals surface area contributed by atoms with Gasteiger partial charge in [-0.05, 0) is 31.2 Å². The third kappa shape index (κ3) is 3.35. The molecule has 1 amide bonds. The number of piperidine rings is 1.